The van der Waals surface area contributed by atoms with Crippen LogP contribution in [0.3, 0.4) is 0 Å². The van der Waals surface area contributed by atoms with E-state index in [0.717, 1.165) is 32.4 Å². The zero-order valence-corrected chi connectivity index (χ0v) is 12.2. The quantitative estimate of drug-likeness (QED) is 0.793. The lowest BCUT2D eigenvalue weighted by Crippen LogP contribution is -2.47. The van der Waals surface area contributed by atoms with Crippen molar-refractivity contribution in [2.24, 2.45) is 0 Å². The summed E-state index contributed by atoms with van der Waals surface area (Å²) in [5, 5.41) is 11.9. The summed E-state index contributed by atoms with van der Waals surface area (Å²) in [6.45, 7) is 5.62. The van der Waals surface area contributed by atoms with E-state index in [1.54, 1.807) is 4.90 Å². The van der Waals surface area contributed by atoms with Crippen molar-refractivity contribution in [3.05, 3.63) is 0 Å². The van der Waals surface area contributed by atoms with Crippen molar-refractivity contribution in [1.82, 2.24) is 15.1 Å². The lowest BCUT2D eigenvalue weighted by atomic mass is 10.1. The smallest absolute Gasteiger partial charge is 0.317 e. The van der Waals surface area contributed by atoms with E-state index in [9.17, 15) is 9.59 Å². The third-order valence-corrected chi connectivity index (χ3v) is 4.44. The maximum Gasteiger partial charge on any atom is 0.317 e. The number of rotatable bonds is 5. The SMILES string of the molecule is CCN1CCCC1CNC(=O)N1CCCC1CC(=O)O. The summed E-state index contributed by atoms with van der Waals surface area (Å²) in [7, 11) is 0. The van der Waals surface area contributed by atoms with Crippen LogP contribution in [0.1, 0.15) is 39.0 Å². The number of urea groups is 1. The van der Waals surface area contributed by atoms with Crippen molar-refractivity contribution in [2.75, 3.05) is 26.2 Å². The molecule has 0 bridgehead atoms. The monoisotopic (exact) mass is 283 g/mol. The van der Waals surface area contributed by atoms with E-state index >= 15 is 0 Å². The van der Waals surface area contributed by atoms with Crippen LogP contribution in [-0.2, 0) is 4.79 Å². The molecular formula is C14H25N3O3. The Labute approximate surface area is 120 Å². The molecule has 0 spiro atoms. The molecule has 6 heteroatoms. The fraction of sp³-hybridized carbons (Fsp3) is 0.857. The van der Waals surface area contributed by atoms with E-state index in [4.69, 9.17) is 5.11 Å². The predicted octanol–water partition coefficient (Wildman–Crippen LogP) is 1.12. The molecule has 2 aliphatic rings. The normalized spacial score (nSPS) is 26.9. The molecule has 0 aliphatic carbocycles. The van der Waals surface area contributed by atoms with Gasteiger partial charge in [0.25, 0.3) is 0 Å². The molecule has 0 aromatic carbocycles. The lowest BCUT2D eigenvalue weighted by Gasteiger charge is -2.27. The fourth-order valence-electron chi connectivity index (χ4n) is 3.37. The molecule has 0 saturated carbocycles. The standard InChI is InChI=1S/C14H25N3O3/c1-2-16-7-3-6-12(16)10-15-14(20)17-8-4-5-11(17)9-13(18)19/h11-12H,2-10H2,1H3,(H,15,20)(H,18,19). The maximum atomic E-state index is 12.2. The first-order valence-electron chi connectivity index (χ1n) is 7.62. The Morgan fingerprint density at radius 2 is 1.90 bits per heavy atom. The predicted molar refractivity (Wildman–Crippen MR) is 75.6 cm³/mol. The average Bonchev–Trinajstić information content (AvgIpc) is 3.03. The fourth-order valence-corrected chi connectivity index (χ4v) is 3.37. The molecule has 2 amide bonds. The van der Waals surface area contributed by atoms with Crippen LogP contribution in [0.4, 0.5) is 4.79 Å². The van der Waals surface area contributed by atoms with Gasteiger partial charge < -0.3 is 15.3 Å². The maximum absolute atomic E-state index is 12.2. The summed E-state index contributed by atoms with van der Waals surface area (Å²) in [4.78, 5) is 27.1. The average molecular weight is 283 g/mol. The van der Waals surface area contributed by atoms with Crippen molar-refractivity contribution in [1.29, 1.82) is 0 Å². The minimum absolute atomic E-state index is 0.0535. The van der Waals surface area contributed by atoms with Crippen molar-refractivity contribution >= 4 is 12.0 Å². The molecule has 2 saturated heterocycles. The number of carbonyl (C=O) groups excluding carboxylic acids is 1. The molecule has 0 aromatic rings. The molecule has 0 radical (unpaired) electrons. The Hall–Kier alpha value is -1.30. The van der Waals surface area contributed by atoms with Crippen LogP contribution in [-0.4, -0.2) is 65.2 Å². The largest absolute Gasteiger partial charge is 0.481 e. The highest BCUT2D eigenvalue weighted by Gasteiger charge is 2.31. The van der Waals surface area contributed by atoms with Gasteiger partial charge in [0.1, 0.15) is 0 Å². The first-order valence-corrected chi connectivity index (χ1v) is 7.62. The molecule has 6 nitrogen and oxygen atoms in total. The second-order valence-electron chi connectivity index (χ2n) is 5.70. The third kappa shape index (κ3) is 3.62. The number of aliphatic carboxylic acids is 1. The Morgan fingerprint density at radius 3 is 2.60 bits per heavy atom. The number of carboxylic acids is 1. The van der Waals surface area contributed by atoms with E-state index in [0.29, 0.717) is 19.1 Å². The number of hydrogen-bond acceptors (Lipinski definition) is 3. The summed E-state index contributed by atoms with van der Waals surface area (Å²) >= 11 is 0. The molecule has 2 unspecified atom stereocenters. The van der Waals surface area contributed by atoms with Gasteiger partial charge >= 0.3 is 12.0 Å². The van der Waals surface area contributed by atoms with Gasteiger partial charge in [-0.05, 0) is 38.8 Å². The van der Waals surface area contributed by atoms with Crippen LogP contribution < -0.4 is 5.32 Å². The highest BCUT2D eigenvalue weighted by atomic mass is 16.4. The zero-order chi connectivity index (χ0) is 14.5. The van der Waals surface area contributed by atoms with Crippen molar-refractivity contribution in [3.63, 3.8) is 0 Å². The molecule has 114 valence electrons. The van der Waals surface area contributed by atoms with Crippen LogP contribution in [0.15, 0.2) is 0 Å². The van der Waals surface area contributed by atoms with E-state index in [-0.39, 0.29) is 18.5 Å². The first-order chi connectivity index (χ1) is 9.61. The van der Waals surface area contributed by atoms with Crippen LogP contribution in [0.25, 0.3) is 0 Å². The lowest BCUT2D eigenvalue weighted by molar-refractivity contribution is -0.137. The number of carbonyl (C=O) groups is 2. The van der Waals surface area contributed by atoms with Crippen LogP contribution in [0.5, 0.6) is 0 Å². The van der Waals surface area contributed by atoms with E-state index in [1.165, 1.54) is 6.42 Å². The van der Waals surface area contributed by atoms with Gasteiger partial charge in [0.05, 0.1) is 6.42 Å². The molecule has 2 aliphatic heterocycles. The van der Waals surface area contributed by atoms with Gasteiger partial charge in [0.2, 0.25) is 0 Å². The number of amides is 2. The summed E-state index contributed by atoms with van der Waals surface area (Å²) in [5.74, 6) is -0.831. The number of nitrogens with one attached hydrogen (secondary N) is 1. The van der Waals surface area contributed by atoms with Gasteiger partial charge in [-0.3, -0.25) is 9.69 Å². The van der Waals surface area contributed by atoms with E-state index < -0.39 is 5.97 Å². The summed E-state index contributed by atoms with van der Waals surface area (Å²) in [6, 6.07) is 0.194. The molecule has 0 aromatic heterocycles. The highest BCUT2D eigenvalue weighted by molar-refractivity contribution is 5.76. The summed E-state index contributed by atoms with van der Waals surface area (Å²) in [5.41, 5.74) is 0. The second-order valence-corrected chi connectivity index (χ2v) is 5.70. The summed E-state index contributed by atoms with van der Waals surface area (Å²) in [6.07, 6.45) is 4.07. The van der Waals surface area contributed by atoms with E-state index in [1.807, 2.05) is 0 Å². The van der Waals surface area contributed by atoms with Crippen molar-refractivity contribution in [3.8, 4) is 0 Å². The van der Waals surface area contributed by atoms with Crippen molar-refractivity contribution in [2.45, 2.75) is 51.1 Å². The number of hydrogen-bond donors (Lipinski definition) is 2. The van der Waals surface area contributed by atoms with Crippen LogP contribution in [0.2, 0.25) is 0 Å². The minimum atomic E-state index is -0.831. The van der Waals surface area contributed by atoms with Crippen LogP contribution >= 0.6 is 0 Å². The molecule has 2 atom stereocenters. The molecule has 2 N–H and O–H groups in total. The first kappa shape index (κ1) is 15.1. The van der Waals surface area contributed by atoms with Crippen molar-refractivity contribution < 1.29 is 14.7 Å². The van der Waals surface area contributed by atoms with Gasteiger partial charge in [-0.25, -0.2) is 4.79 Å². The molecule has 2 heterocycles. The third-order valence-electron chi connectivity index (χ3n) is 4.44. The Bertz CT molecular complexity index is 362. The number of likely N-dealkylation sites (tertiary alicyclic amines) is 2. The second kappa shape index (κ2) is 6.92. The molecule has 2 fully saturated rings. The Morgan fingerprint density at radius 1 is 1.20 bits per heavy atom. The van der Waals surface area contributed by atoms with Crippen LogP contribution in [0, 0.1) is 0 Å². The minimum Gasteiger partial charge on any atom is -0.481 e. The van der Waals surface area contributed by atoms with Gasteiger partial charge in [-0.2, -0.15) is 0 Å². The Balaban J connectivity index is 1.80. The topological polar surface area (TPSA) is 72.9 Å². The zero-order valence-electron chi connectivity index (χ0n) is 12.2. The number of likely N-dealkylation sites (N-methyl/N-ethyl adjacent to an activating group) is 1. The number of nitrogens with zero attached hydrogens (tertiary/aromatic N) is 2. The molecular weight excluding hydrogens is 258 g/mol. The van der Waals surface area contributed by atoms with Gasteiger partial charge in [-0.15, -0.1) is 0 Å². The van der Waals surface area contributed by atoms with E-state index in [2.05, 4.69) is 17.1 Å². The number of carboxylic acid groups (broad SMARTS) is 1. The van der Waals surface area contributed by atoms with Gasteiger partial charge in [0, 0.05) is 25.2 Å². The highest BCUT2D eigenvalue weighted by Crippen LogP contribution is 2.20. The summed E-state index contributed by atoms with van der Waals surface area (Å²) < 4.78 is 0. The van der Waals surface area contributed by atoms with Gasteiger partial charge in [-0.1, -0.05) is 6.92 Å². The molecule has 20 heavy (non-hydrogen) atoms. The van der Waals surface area contributed by atoms with Gasteiger partial charge in [0.15, 0.2) is 0 Å². The molecule has 2 rings (SSSR count). The Kier molecular flexibility index (Phi) is 5.23.